The zero-order valence-electron chi connectivity index (χ0n) is 15.8. The number of non-ortho nitro benzene ring substituents is 1. The molecule has 1 heterocycles. The van der Waals surface area contributed by atoms with Gasteiger partial charge in [-0.05, 0) is 25.5 Å². The van der Waals surface area contributed by atoms with E-state index in [0.29, 0.717) is 11.3 Å². The lowest BCUT2D eigenvalue weighted by Gasteiger charge is -2.09. The number of nitro groups is 1. The number of nitriles is 1. The largest absolute Gasteiger partial charge is 0.483 e. The van der Waals surface area contributed by atoms with Gasteiger partial charge in [0.05, 0.1) is 4.92 Å². The number of nitrogens with zero attached hydrogens (tertiary/aromatic N) is 2. The van der Waals surface area contributed by atoms with Crippen LogP contribution in [0.4, 0.5) is 11.6 Å². The van der Waals surface area contributed by atoms with Gasteiger partial charge in [-0.1, -0.05) is 29.8 Å². The van der Waals surface area contributed by atoms with Gasteiger partial charge in [0.15, 0.2) is 6.61 Å². The number of hydrogen-bond acceptors (Lipinski definition) is 6. The Morgan fingerprint density at radius 1 is 1.24 bits per heavy atom. The number of benzene rings is 2. The second kappa shape index (κ2) is 8.27. The summed E-state index contributed by atoms with van der Waals surface area (Å²) in [6, 6.07) is 14.8. The number of nitrogens with one attached hydrogen (secondary N) is 1. The molecule has 146 valence electrons. The molecule has 0 aliphatic heterocycles. The Balaban J connectivity index is 1.74. The van der Waals surface area contributed by atoms with Gasteiger partial charge in [-0.2, -0.15) is 5.26 Å². The van der Waals surface area contributed by atoms with E-state index in [1.54, 1.807) is 12.1 Å². The quantitative estimate of drug-likeness (QED) is 0.492. The lowest BCUT2D eigenvalue weighted by Crippen LogP contribution is -2.20. The highest BCUT2D eigenvalue weighted by Gasteiger charge is 2.17. The zero-order valence-corrected chi connectivity index (χ0v) is 15.8. The average molecular weight is 391 g/mol. The zero-order chi connectivity index (χ0) is 21.0. The van der Waals surface area contributed by atoms with Gasteiger partial charge >= 0.3 is 0 Å². The van der Waals surface area contributed by atoms with E-state index in [4.69, 9.17) is 9.15 Å². The van der Waals surface area contributed by atoms with Crippen molar-refractivity contribution in [1.29, 1.82) is 5.26 Å². The Morgan fingerprint density at radius 3 is 2.72 bits per heavy atom. The van der Waals surface area contributed by atoms with Crippen LogP contribution in [-0.2, 0) is 4.79 Å². The molecule has 8 heteroatoms. The van der Waals surface area contributed by atoms with Gasteiger partial charge in [0, 0.05) is 23.8 Å². The third-order valence-electron chi connectivity index (χ3n) is 4.14. The summed E-state index contributed by atoms with van der Waals surface area (Å²) in [5.74, 6) is 0.281. The number of aryl methyl sites for hydroxylation is 2. The Morgan fingerprint density at radius 2 is 2.03 bits per heavy atom. The normalized spacial score (nSPS) is 10.2. The van der Waals surface area contributed by atoms with Crippen molar-refractivity contribution in [3.8, 4) is 23.1 Å². The van der Waals surface area contributed by atoms with Crippen LogP contribution in [0.3, 0.4) is 0 Å². The van der Waals surface area contributed by atoms with Gasteiger partial charge in [0.1, 0.15) is 23.1 Å². The van der Waals surface area contributed by atoms with Crippen molar-refractivity contribution < 1.29 is 18.9 Å². The van der Waals surface area contributed by atoms with Crippen molar-refractivity contribution in [2.45, 2.75) is 13.8 Å². The van der Waals surface area contributed by atoms with Crippen molar-refractivity contribution in [3.63, 3.8) is 0 Å². The molecule has 1 N–H and O–H groups in total. The number of amides is 1. The third-order valence-corrected chi connectivity index (χ3v) is 4.14. The molecule has 0 spiro atoms. The summed E-state index contributed by atoms with van der Waals surface area (Å²) >= 11 is 0. The third kappa shape index (κ3) is 4.59. The van der Waals surface area contributed by atoms with Crippen LogP contribution in [0.1, 0.15) is 16.7 Å². The lowest BCUT2D eigenvalue weighted by atomic mass is 10.1. The van der Waals surface area contributed by atoms with Crippen molar-refractivity contribution in [2.75, 3.05) is 11.9 Å². The Bertz CT molecular complexity index is 1130. The van der Waals surface area contributed by atoms with Gasteiger partial charge in [-0.15, -0.1) is 0 Å². The van der Waals surface area contributed by atoms with E-state index >= 15 is 0 Å². The first kappa shape index (κ1) is 19.6. The van der Waals surface area contributed by atoms with Gasteiger partial charge in [0.2, 0.25) is 5.88 Å². The molecule has 0 bridgehead atoms. The van der Waals surface area contributed by atoms with Crippen molar-refractivity contribution >= 4 is 17.5 Å². The molecule has 1 aromatic heterocycles. The van der Waals surface area contributed by atoms with E-state index < -0.39 is 10.8 Å². The van der Waals surface area contributed by atoms with E-state index in [9.17, 15) is 20.2 Å². The minimum Gasteiger partial charge on any atom is -0.483 e. The second-order valence-corrected chi connectivity index (χ2v) is 6.38. The van der Waals surface area contributed by atoms with Crippen LogP contribution in [0.25, 0.3) is 11.3 Å². The van der Waals surface area contributed by atoms with Crippen molar-refractivity contribution in [3.05, 3.63) is 75.3 Å². The van der Waals surface area contributed by atoms with Crippen molar-refractivity contribution in [1.82, 2.24) is 0 Å². The minimum atomic E-state index is -0.523. The first-order chi connectivity index (χ1) is 13.9. The fraction of sp³-hybridized carbons (Fsp3) is 0.143. The number of anilines is 1. The molecule has 0 fully saturated rings. The van der Waals surface area contributed by atoms with Crippen LogP contribution in [0.5, 0.6) is 5.75 Å². The summed E-state index contributed by atoms with van der Waals surface area (Å²) in [4.78, 5) is 22.6. The maximum atomic E-state index is 12.2. The first-order valence-electron chi connectivity index (χ1n) is 8.66. The summed E-state index contributed by atoms with van der Waals surface area (Å²) in [5.41, 5.74) is 2.41. The lowest BCUT2D eigenvalue weighted by molar-refractivity contribution is -0.384. The average Bonchev–Trinajstić information content (AvgIpc) is 3.10. The summed E-state index contributed by atoms with van der Waals surface area (Å²) in [5, 5.41) is 22.7. The maximum Gasteiger partial charge on any atom is 0.270 e. The molecule has 3 rings (SSSR count). The number of rotatable bonds is 6. The summed E-state index contributed by atoms with van der Waals surface area (Å²) in [7, 11) is 0. The molecule has 0 unspecified atom stereocenters. The SMILES string of the molecule is Cc1ccc(OCC(=O)Nc2oc(-c3cccc([N+](=O)[O-])c3)cc2C#N)c(C)c1. The van der Waals surface area contributed by atoms with Crippen molar-refractivity contribution in [2.24, 2.45) is 0 Å². The van der Waals surface area contributed by atoms with Crippen LogP contribution in [0.15, 0.2) is 52.9 Å². The van der Waals surface area contributed by atoms with Gasteiger partial charge < -0.3 is 9.15 Å². The smallest absolute Gasteiger partial charge is 0.270 e. The summed E-state index contributed by atoms with van der Waals surface area (Å²) in [6.07, 6.45) is 0. The predicted molar refractivity (Wildman–Crippen MR) is 106 cm³/mol. The molecule has 0 aliphatic rings. The highest BCUT2D eigenvalue weighted by Crippen LogP contribution is 2.30. The molecule has 0 aliphatic carbocycles. The van der Waals surface area contributed by atoms with Crippen LogP contribution in [0.2, 0.25) is 0 Å². The number of hydrogen-bond donors (Lipinski definition) is 1. The molecule has 0 saturated carbocycles. The molecule has 3 aromatic rings. The summed E-state index contributed by atoms with van der Waals surface area (Å²) in [6.45, 7) is 3.58. The molecular formula is C21H17N3O5. The Hall–Kier alpha value is -4.12. The topological polar surface area (TPSA) is 118 Å². The molecule has 0 atom stereocenters. The van der Waals surface area contributed by atoms with Crippen LogP contribution >= 0.6 is 0 Å². The number of furan rings is 1. The van der Waals surface area contributed by atoms with E-state index in [-0.39, 0.29) is 29.5 Å². The maximum absolute atomic E-state index is 12.2. The van der Waals surface area contributed by atoms with Gasteiger partial charge in [-0.25, -0.2) is 0 Å². The highest BCUT2D eigenvalue weighted by molar-refractivity contribution is 5.92. The minimum absolute atomic E-state index is 0.0387. The molecule has 0 radical (unpaired) electrons. The van der Waals surface area contributed by atoms with E-state index in [2.05, 4.69) is 5.32 Å². The fourth-order valence-corrected chi connectivity index (χ4v) is 2.75. The molecule has 0 saturated heterocycles. The molecule has 1 amide bonds. The highest BCUT2D eigenvalue weighted by atomic mass is 16.6. The number of nitro benzene ring substituents is 1. The van der Waals surface area contributed by atoms with Crippen LogP contribution < -0.4 is 10.1 Å². The monoisotopic (exact) mass is 391 g/mol. The summed E-state index contributed by atoms with van der Waals surface area (Å²) < 4.78 is 11.1. The molecule has 29 heavy (non-hydrogen) atoms. The molecular weight excluding hydrogens is 374 g/mol. The molecule has 8 nitrogen and oxygen atoms in total. The van der Waals surface area contributed by atoms with Gasteiger partial charge in [-0.3, -0.25) is 20.2 Å². The number of carbonyl (C=O) groups excluding carboxylic acids is 1. The number of ether oxygens (including phenoxy) is 1. The van der Waals surface area contributed by atoms with Gasteiger partial charge in [0.25, 0.3) is 11.6 Å². The first-order valence-corrected chi connectivity index (χ1v) is 8.66. The second-order valence-electron chi connectivity index (χ2n) is 6.38. The predicted octanol–water partition coefficient (Wildman–Crippen LogP) is 4.36. The standard InChI is InChI=1S/C21H17N3O5/c1-13-6-7-18(14(2)8-13)28-12-20(25)23-21-16(11-22)10-19(29-21)15-4-3-5-17(9-15)24(26)27/h3-10H,12H2,1-2H3,(H,23,25). The van der Waals surface area contributed by atoms with E-state index in [1.165, 1.54) is 24.3 Å². The van der Waals surface area contributed by atoms with Crippen LogP contribution in [0, 0.1) is 35.3 Å². The van der Waals surface area contributed by atoms with E-state index in [0.717, 1.165) is 11.1 Å². The molecule has 2 aromatic carbocycles. The number of carbonyl (C=O) groups is 1. The Kier molecular flexibility index (Phi) is 5.60. The fourth-order valence-electron chi connectivity index (χ4n) is 2.75. The van der Waals surface area contributed by atoms with Crippen LogP contribution in [-0.4, -0.2) is 17.4 Å². The van der Waals surface area contributed by atoms with E-state index in [1.807, 2.05) is 32.0 Å². The Labute approximate surface area is 166 Å².